The number of ether oxygens (including phenoxy) is 1. The second-order valence-corrected chi connectivity index (χ2v) is 7.73. The van der Waals surface area contributed by atoms with Crippen LogP contribution in [-0.2, 0) is 11.3 Å². The van der Waals surface area contributed by atoms with E-state index in [9.17, 15) is 0 Å². The van der Waals surface area contributed by atoms with Crippen LogP contribution in [0.3, 0.4) is 0 Å². The standard InChI is InChI=1S/C20H26N4OS/c1-14(2)24-19(18(22-20(24)26)16-8-3-4-10-21-16)17-9-5-11-23(17)13-15-7-6-12-25-15/h3-5,8-11,14-15,18-19H,6-7,12-13H2,1-2H3,(H,22,26)/t15-,18+,19-/m0/s1. The molecule has 0 radical (unpaired) electrons. The molecular formula is C20H26N4OS. The van der Waals surface area contributed by atoms with Gasteiger partial charge in [-0.05, 0) is 63.2 Å². The largest absolute Gasteiger partial charge is 0.376 e. The van der Waals surface area contributed by atoms with Crippen molar-refractivity contribution in [2.45, 2.75) is 57.5 Å². The van der Waals surface area contributed by atoms with Gasteiger partial charge in [0.25, 0.3) is 0 Å². The minimum Gasteiger partial charge on any atom is -0.376 e. The SMILES string of the molecule is CC(C)N1C(=S)N[C@H](c2ccccn2)[C@@H]1c1cccn1C[C@@H]1CCCO1. The van der Waals surface area contributed by atoms with Crippen LogP contribution in [0.2, 0.25) is 0 Å². The van der Waals surface area contributed by atoms with Gasteiger partial charge in [-0.1, -0.05) is 6.07 Å². The average Bonchev–Trinajstić information content (AvgIpc) is 3.36. The lowest BCUT2D eigenvalue weighted by Crippen LogP contribution is -2.36. The number of aromatic nitrogens is 2. The van der Waals surface area contributed by atoms with Gasteiger partial charge in [0.15, 0.2) is 5.11 Å². The van der Waals surface area contributed by atoms with Gasteiger partial charge in [-0.3, -0.25) is 4.98 Å². The van der Waals surface area contributed by atoms with Crippen LogP contribution in [0.4, 0.5) is 0 Å². The van der Waals surface area contributed by atoms with E-state index in [1.54, 1.807) is 0 Å². The molecule has 138 valence electrons. The first kappa shape index (κ1) is 17.5. The molecule has 4 rings (SSSR count). The first-order valence-corrected chi connectivity index (χ1v) is 9.82. The summed E-state index contributed by atoms with van der Waals surface area (Å²) in [7, 11) is 0. The summed E-state index contributed by atoms with van der Waals surface area (Å²) in [6.07, 6.45) is 6.61. The van der Waals surface area contributed by atoms with Crippen molar-refractivity contribution in [3.05, 3.63) is 54.1 Å². The Labute approximate surface area is 160 Å². The summed E-state index contributed by atoms with van der Waals surface area (Å²) in [5.74, 6) is 0. The fraction of sp³-hybridized carbons (Fsp3) is 0.500. The zero-order valence-electron chi connectivity index (χ0n) is 15.3. The lowest BCUT2D eigenvalue weighted by molar-refractivity contribution is 0.0951. The molecular weight excluding hydrogens is 344 g/mol. The molecule has 2 aromatic heterocycles. The van der Waals surface area contributed by atoms with Gasteiger partial charge in [-0.15, -0.1) is 0 Å². The number of hydrogen-bond acceptors (Lipinski definition) is 3. The fourth-order valence-corrected chi connectivity index (χ4v) is 4.56. The molecule has 1 N–H and O–H groups in total. The number of nitrogens with one attached hydrogen (secondary N) is 1. The highest BCUT2D eigenvalue weighted by molar-refractivity contribution is 7.80. The second kappa shape index (κ2) is 7.37. The molecule has 6 heteroatoms. The number of rotatable bonds is 5. The van der Waals surface area contributed by atoms with Gasteiger partial charge < -0.3 is 19.5 Å². The van der Waals surface area contributed by atoms with Crippen molar-refractivity contribution < 1.29 is 4.74 Å². The van der Waals surface area contributed by atoms with E-state index in [-0.39, 0.29) is 12.1 Å². The summed E-state index contributed by atoms with van der Waals surface area (Å²) in [6, 6.07) is 10.9. The van der Waals surface area contributed by atoms with Gasteiger partial charge in [0.05, 0.1) is 23.9 Å². The third-order valence-electron chi connectivity index (χ3n) is 5.28. The summed E-state index contributed by atoms with van der Waals surface area (Å²) >= 11 is 5.68. The highest BCUT2D eigenvalue weighted by Gasteiger charge is 2.42. The third-order valence-corrected chi connectivity index (χ3v) is 5.61. The van der Waals surface area contributed by atoms with Gasteiger partial charge in [0.2, 0.25) is 0 Å². The van der Waals surface area contributed by atoms with Crippen LogP contribution in [0.1, 0.15) is 50.2 Å². The first-order valence-electron chi connectivity index (χ1n) is 9.41. The Hall–Kier alpha value is -1.92. The number of hydrogen-bond donors (Lipinski definition) is 1. The minimum absolute atomic E-state index is 0.0456. The van der Waals surface area contributed by atoms with Crippen LogP contribution in [-0.4, -0.2) is 38.3 Å². The highest BCUT2D eigenvalue weighted by Crippen LogP contribution is 2.40. The molecule has 0 bridgehead atoms. The van der Waals surface area contributed by atoms with E-state index >= 15 is 0 Å². The van der Waals surface area contributed by atoms with E-state index in [2.05, 4.69) is 58.0 Å². The van der Waals surface area contributed by atoms with Crippen LogP contribution in [0, 0.1) is 0 Å². The van der Waals surface area contributed by atoms with Gasteiger partial charge >= 0.3 is 0 Å². The second-order valence-electron chi connectivity index (χ2n) is 7.35. The predicted octanol–water partition coefficient (Wildman–Crippen LogP) is 3.44. The topological polar surface area (TPSA) is 42.3 Å². The van der Waals surface area contributed by atoms with Crippen LogP contribution in [0.5, 0.6) is 0 Å². The van der Waals surface area contributed by atoms with Crippen molar-refractivity contribution in [2.24, 2.45) is 0 Å². The van der Waals surface area contributed by atoms with Crippen LogP contribution in [0.15, 0.2) is 42.7 Å². The Balaban J connectivity index is 1.70. The zero-order valence-corrected chi connectivity index (χ0v) is 16.2. The Bertz CT molecular complexity index is 754. The lowest BCUT2D eigenvalue weighted by atomic mass is 10.0. The van der Waals surface area contributed by atoms with Crippen LogP contribution in [0.25, 0.3) is 0 Å². The molecule has 2 saturated heterocycles. The maximum absolute atomic E-state index is 5.86. The van der Waals surface area contributed by atoms with Gasteiger partial charge in [-0.2, -0.15) is 0 Å². The predicted molar refractivity (Wildman–Crippen MR) is 106 cm³/mol. The molecule has 2 aromatic rings. The van der Waals surface area contributed by atoms with Crippen molar-refractivity contribution >= 4 is 17.3 Å². The van der Waals surface area contributed by atoms with E-state index in [1.165, 1.54) is 5.69 Å². The molecule has 26 heavy (non-hydrogen) atoms. The van der Waals surface area contributed by atoms with E-state index in [4.69, 9.17) is 17.0 Å². The lowest BCUT2D eigenvalue weighted by Gasteiger charge is -2.32. The van der Waals surface area contributed by atoms with E-state index in [1.807, 2.05) is 18.3 Å². The van der Waals surface area contributed by atoms with Gasteiger partial charge in [0, 0.05) is 37.3 Å². The van der Waals surface area contributed by atoms with E-state index in [0.717, 1.165) is 36.8 Å². The molecule has 2 aliphatic heterocycles. The fourth-order valence-electron chi connectivity index (χ4n) is 4.11. The smallest absolute Gasteiger partial charge is 0.170 e. The monoisotopic (exact) mass is 370 g/mol. The van der Waals surface area contributed by atoms with Crippen LogP contribution < -0.4 is 5.32 Å². The molecule has 0 saturated carbocycles. The van der Waals surface area contributed by atoms with Crippen molar-refractivity contribution in [2.75, 3.05) is 6.61 Å². The maximum Gasteiger partial charge on any atom is 0.170 e. The molecule has 2 fully saturated rings. The molecule has 0 unspecified atom stereocenters. The first-order chi connectivity index (χ1) is 12.6. The highest BCUT2D eigenvalue weighted by atomic mass is 32.1. The van der Waals surface area contributed by atoms with Crippen molar-refractivity contribution in [1.82, 2.24) is 19.8 Å². The van der Waals surface area contributed by atoms with Crippen molar-refractivity contribution in [3.63, 3.8) is 0 Å². The Kier molecular flexibility index (Phi) is 4.96. The van der Waals surface area contributed by atoms with Gasteiger partial charge in [-0.25, -0.2) is 0 Å². The summed E-state index contributed by atoms with van der Waals surface area (Å²) in [5, 5.41) is 4.31. The quantitative estimate of drug-likeness (QED) is 0.817. The van der Waals surface area contributed by atoms with Crippen molar-refractivity contribution in [3.8, 4) is 0 Å². The normalized spacial score (nSPS) is 25.9. The van der Waals surface area contributed by atoms with Crippen molar-refractivity contribution in [1.29, 1.82) is 0 Å². The molecule has 3 atom stereocenters. The molecule has 2 aliphatic rings. The number of thiocarbonyl (C=S) groups is 1. The average molecular weight is 371 g/mol. The maximum atomic E-state index is 5.86. The Morgan fingerprint density at radius 3 is 2.88 bits per heavy atom. The van der Waals surface area contributed by atoms with Gasteiger partial charge in [0.1, 0.15) is 0 Å². The van der Waals surface area contributed by atoms with E-state index in [0.29, 0.717) is 12.1 Å². The summed E-state index contributed by atoms with van der Waals surface area (Å²) in [4.78, 5) is 6.90. The molecule has 0 aromatic carbocycles. The summed E-state index contributed by atoms with van der Waals surface area (Å²) in [6.45, 7) is 6.15. The van der Waals surface area contributed by atoms with E-state index < -0.39 is 0 Å². The zero-order chi connectivity index (χ0) is 18.1. The molecule has 0 spiro atoms. The molecule has 5 nitrogen and oxygen atoms in total. The Morgan fingerprint density at radius 2 is 2.19 bits per heavy atom. The Morgan fingerprint density at radius 1 is 1.31 bits per heavy atom. The number of pyridine rings is 1. The number of nitrogens with zero attached hydrogens (tertiary/aromatic N) is 3. The molecule has 0 amide bonds. The van der Waals surface area contributed by atoms with Crippen LogP contribution >= 0.6 is 12.2 Å². The summed E-state index contributed by atoms with van der Waals surface area (Å²) in [5.41, 5.74) is 2.28. The minimum atomic E-state index is 0.0456. The third kappa shape index (κ3) is 3.23. The molecule has 4 heterocycles. The molecule has 0 aliphatic carbocycles. The summed E-state index contributed by atoms with van der Waals surface area (Å²) < 4.78 is 8.20.